The Bertz CT molecular complexity index is 854. The highest BCUT2D eigenvalue weighted by atomic mass is 79.9. The van der Waals surface area contributed by atoms with Crippen molar-refractivity contribution in [1.29, 1.82) is 0 Å². The molecule has 28 heavy (non-hydrogen) atoms. The molecular weight excluding hydrogens is 432 g/mol. The van der Waals surface area contributed by atoms with E-state index in [0.717, 1.165) is 11.3 Å². The summed E-state index contributed by atoms with van der Waals surface area (Å²) in [6.45, 7) is 1.90. The third-order valence-electron chi connectivity index (χ3n) is 3.62. The molecule has 148 valence electrons. The number of rotatable bonds is 9. The lowest BCUT2D eigenvalue weighted by atomic mass is 10.2. The number of ether oxygens (including phenoxy) is 2. The van der Waals surface area contributed by atoms with Gasteiger partial charge in [-0.25, -0.2) is 0 Å². The Balaban J connectivity index is 1.67. The molecule has 1 N–H and O–H groups in total. The topological polar surface area (TPSA) is 108 Å². The summed E-state index contributed by atoms with van der Waals surface area (Å²) in [5.41, 5.74) is 1.37. The fraction of sp³-hybridized carbons (Fsp3) is 0.263. The highest BCUT2D eigenvalue weighted by Crippen LogP contribution is 2.27. The molecule has 0 fully saturated rings. The smallest absolute Gasteiger partial charge is 0.306 e. The Kier molecular flexibility index (Phi) is 7.94. The minimum Gasteiger partial charge on any atom is -0.494 e. The molecule has 0 spiro atoms. The molecule has 2 aromatic rings. The Hall–Kier alpha value is -2.94. The minimum absolute atomic E-state index is 0.107. The zero-order chi connectivity index (χ0) is 20.5. The summed E-state index contributed by atoms with van der Waals surface area (Å²) >= 11 is 3.15. The largest absolute Gasteiger partial charge is 0.494 e. The van der Waals surface area contributed by atoms with E-state index in [0.29, 0.717) is 23.2 Å². The number of esters is 1. The number of non-ortho nitro benzene ring substituents is 1. The maximum Gasteiger partial charge on any atom is 0.306 e. The highest BCUT2D eigenvalue weighted by Gasteiger charge is 2.12. The number of hydrogen-bond acceptors (Lipinski definition) is 6. The molecule has 2 rings (SSSR count). The van der Waals surface area contributed by atoms with Crippen LogP contribution in [0.2, 0.25) is 0 Å². The molecule has 0 aliphatic carbocycles. The molecular formula is C19H19BrN2O6. The molecule has 0 aliphatic heterocycles. The summed E-state index contributed by atoms with van der Waals surface area (Å²) < 4.78 is 10.8. The van der Waals surface area contributed by atoms with Gasteiger partial charge in [0.15, 0.2) is 6.61 Å². The van der Waals surface area contributed by atoms with Gasteiger partial charge in [0.05, 0.1) is 17.2 Å². The van der Waals surface area contributed by atoms with E-state index in [2.05, 4.69) is 21.2 Å². The maximum absolute atomic E-state index is 11.9. The molecule has 1 amide bonds. The van der Waals surface area contributed by atoms with Crippen molar-refractivity contribution in [1.82, 2.24) is 0 Å². The maximum atomic E-state index is 11.9. The van der Waals surface area contributed by atoms with Gasteiger partial charge in [-0.05, 0) is 47.5 Å². The number of anilines is 1. The minimum atomic E-state index is -0.543. The summed E-state index contributed by atoms with van der Waals surface area (Å²) in [7, 11) is 0. The van der Waals surface area contributed by atoms with Gasteiger partial charge in [0.1, 0.15) is 5.75 Å². The molecule has 0 unspecified atom stereocenters. The van der Waals surface area contributed by atoms with E-state index in [1.165, 1.54) is 18.2 Å². The first kappa shape index (κ1) is 21.4. The van der Waals surface area contributed by atoms with Crippen molar-refractivity contribution in [2.24, 2.45) is 0 Å². The molecule has 0 saturated carbocycles. The molecule has 8 nitrogen and oxygen atoms in total. The van der Waals surface area contributed by atoms with Crippen LogP contribution >= 0.6 is 15.9 Å². The second-order valence-electron chi connectivity index (χ2n) is 5.90. The summed E-state index contributed by atoms with van der Waals surface area (Å²) in [6, 6.07) is 11.5. The van der Waals surface area contributed by atoms with Gasteiger partial charge >= 0.3 is 5.97 Å². The second kappa shape index (κ2) is 10.4. The number of carbonyl (C=O) groups is 2. The number of carbonyl (C=O) groups excluding carboxylic acids is 2. The molecule has 0 atom stereocenters. The van der Waals surface area contributed by atoms with Crippen LogP contribution in [0, 0.1) is 17.0 Å². The van der Waals surface area contributed by atoms with Crippen molar-refractivity contribution in [3.05, 3.63) is 62.6 Å². The fourth-order valence-electron chi connectivity index (χ4n) is 2.16. The SMILES string of the molecule is Cc1ccc(OCCCC(=O)OCC(=O)Nc2ccc([N+](=O)[O-])cc2Br)cc1. The quantitative estimate of drug-likeness (QED) is 0.267. The van der Waals surface area contributed by atoms with E-state index in [1.807, 2.05) is 31.2 Å². The van der Waals surface area contributed by atoms with E-state index in [9.17, 15) is 19.7 Å². The first-order chi connectivity index (χ1) is 13.3. The first-order valence-corrected chi connectivity index (χ1v) is 9.23. The monoisotopic (exact) mass is 450 g/mol. The number of amides is 1. The van der Waals surface area contributed by atoms with E-state index in [4.69, 9.17) is 9.47 Å². The van der Waals surface area contributed by atoms with E-state index < -0.39 is 23.4 Å². The number of nitro benzene ring substituents is 1. The van der Waals surface area contributed by atoms with Crippen LogP contribution in [0.5, 0.6) is 5.75 Å². The number of nitrogens with zero attached hydrogens (tertiary/aromatic N) is 1. The van der Waals surface area contributed by atoms with Crippen molar-refractivity contribution in [3.63, 3.8) is 0 Å². The predicted octanol–water partition coefficient (Wildman–Crippen LogP) is 4.01. The Morgan fingerprint density at radius 1 is 1.18 bits per heavy atom. The van der Waals surface area contributed by atoms with E-state index in [1.54, 1.807) is 0 Å². The Morgan fingerprint density at radius 3 is 2.54 bits per heavy atom. The molecule has 0 saturated heterocycles. The van der Waals surface area contributed by atoms with Crippen molar-refractivity contribution < 1.29 is 24.0 Å². The molecule has 0 bridgehead atoms. The molecule has 0 heterocycles. The van der Waals surface area contributed by atoms with Gasteiger partial charge in [-0.15, -0.1) is 0 Å². The van der Waals surface area contributed by atoms with Gasteiger partial charge in [-0.3, -0.25) is 19.7 Å². The number of aryl methyl sites for hydroxylation is 1. The number of nitro groups is 1. The summed E-state index contributed by atoms with van der Waals surface area (Å²) in [5.74, 6) is -0.323. The average Bonchev–Trinajstić information content (AvgIpc) is 2.66. The highest BCUT2D eigenvalue weighted by molar-refractivity contribution is 9.10. The molecule has 9 heteroatoms. The number of halogens is 1. The fourth-order valence-corrected chi connectivity index (χ4v) is 2.63. The molecule has 0 radical (unpaired) electrons. The summed E-state index contributed by atoms with van der Waals surface area (Å²) in [4.78, 5) is 33.7. The summed E-state index contributed by atoms with van der Waals surface area (Å²) in [5, 5.41) is 13.2. The Labute approximate surface area is 170 Å². The molecule has 2 aromatic carbocycles. The number of hydrogen-bond donors (Lipinski definition) is 1. The lowest BCUT2D eigenvalue weighted by molar-refractivity contribution is -0.384. The van der Waals surface area contributed by atoms with Crippen LogP contribution < -0.4 is 10.1 Å². The first-order valence-electron chi connectivity index (χ1n) is 8.44. The van der Waals surface area contributed by atoms with Gasteiger partial charge in [0, 0.05) is 23.0 Å². The van der Waals surface area contributed by atoms with Gasteiger partial charge in [0.25, 0.3) is 11.6 Å². The lowest BCUT2D eigenvalue weighted by Crippen LogP contribution is -2.21. The van der Waals surface area contributed by atoms with Crippen LogP contribution in [0.15, 0.2) is 46.9 Å². The summed E-state index contributed by atoms with van der Waals surface area (Å²) in [6.07, 6.45) is 0.586. The number of benzene rings is 2. The normalized spacial score (nSPS) is 10.2. The lowest BCUT2D eigenvalue weighted by Gasteiger charge is -2.09. The Morgan fingerprint density at radius 2 is 1.89 bits per heavy atom. The van der Waals surface area contributed by atoms with Gasteiger partial charge in [-0.2, -0.15) is 0 Å². The standard InChI is InChI=1S/C19H19BrN2O6/c1-13-4-7-15(8-5-13)27-10-2-3-19(24)28-12-18(23)21-17-9-6-14(22(25)26)11-16(17)20/h4-9,11H,2-3,10,12H2,1H3,(H,21,23). The third kappa shape index (κ3) is 6.99. The van der Waals surface area contributed by atoms with Crippen LogP contribution in [-0.2, 0) is 14.3 Å². The van der Waals surface area contributed by atoms with Crippen LogP contribution in [-0.4, -0.2) is 30.0 Å². The molecule has 0 aliphatic rings. The number of nitrogens with one attached hydrogen (secondary N) is 1. The predicted molar refractivity (Wildman–Crippen MR) is 106 cm³/mol. The second-order valence-corrected chi connectivity index (χ2v) is 6.75. The van der Waals surface area contributed by atoms with Crippen molar-refractivity contribution in [3.8, 4) is 5.75 Å². The van der Waals surface area contributed by atoms with Crippen molar-refractivity contribution >= 4 is 39.2 Å². The zero-order valence-electron chi connectivity index (χ0n) is 15.1. The van der Waals surface area contributed by atoms with Gasteiger partial charge in [-0.1, -0.05) is 17.7 Å². The molecule has 0 aromatic heterocycles. The zero-order valence-corrected chi connectivity index (χ0v) is 16.7. The van der Waals surface area contributed by atoms with Crippen LogP contribution in [0.1, 0.15) is 18.4 Å². The third-order valence-corrected chi connectivity index (χ3v) is 4.27. The van der Waals surface area contributed by atoms with Crippen LogP contribution in [0.25, 0.3) is 0 Å². The van der Waals surface area contributed by atoms with Crippen molar-refractivity contribution in [2.45, 2.75) is 19.8 Å². The van der Waals surface area contributed by atoms with Crippen molar-refractivity contribution in [2.75, 3.05) is 18.5 Å². The van der Waals surface area contributed by atoms with Crippen LogP contribution in [0.4, 0.5) is 11.4 Å². The van der Waals surface area contributed by atoms with E-state index >= 15 is 0 Å². The van der Waals surface area contributed by atoms with Gasteiger partial charge in [0.2, 0.25) is 0 Å². The van der Waals surface area contributed by atoms with Gasteiger partial charge < -0.3 is 14.8 Å². The van der Waals surface area contributed by atoms with E-state index in [-0.39, 0.29) is 12.1 Å². The van der Waals surface area contributed by atoms with Crippen LogP contribution in [0.3, 0.4) is 0 Å². The average molecular weight is 451 g/mol.